The van der Waals surface area contributed by atoms with Gasteiger partial charge >= 0.3 is 0 Å². The molecule has 2 rings (SSSR count). The largest absolute Gasteiger partial charge is 0.342 e. The highest BCUT2D eigenvalue weighted by atomic mass is 16.2. The van der Waals surface area contributed by atoms with Gasteiger partial charge in [0.05, 0.1) is 6.54 Å². The van der Waals surface area contributed by atoms with Gasteiger partial charge in [0.25, 0.3) is 0 Å². The molecule has 0 aromatic heterocycles. The maximum atomic E-state index is 12.6. The second-order valence-electron chi connectivity index (χ2n) is 6.96. The Balaban J connectivity index is 2.12. The third-order valence-corrected chi connectivity index (χ3v) is 4.78. The number of amides is 2. The van der Waals surface area contributed by atoms with Crippen LogP contribution in [0.3, 0.4) is 0 Å². The second kappa shape index (κ2) is 5.14. The SMILES string of the molecule is CCC(C)C1NC(=O)CN(C2CCC(C)(C)C2)C1=O. The van der Waals surface area contributed by atoms with E-state index in [1.54, 1.807) is 0 Å². The van der Waals surface area contributed by atoms with Crippen molar-refractivity contribution in [3.8, 4) is 0 Å². The molecule has 2 amide bonds. The molecule has 2 fully saturated rings. The van der Waals surface area contributed by atoms with E-state index in [4.69, 9.17) is 0 Å². The highest BCUT2D eigenvalue weighted by Crippen LogP contribution is 2.40. The van der Waals surface area contributed by atoms with Crippen molar-refractivity contribution in [3.63, 3.8) is 0 Å². The lowest BCUT2D eigenvalue weighted by Gasteiger charge is -2.38. The normalized spacial score (nSPS) is 32.3. The number of hydrogen-bond donors (Lipinski definition) is 1. The van der Waals surface area contributed by atoms with E-state index in [0.717, 1.165) is 25.7 Å². The lowest BCUT2D eigenvalue weighted by Crippen LogP contribution is -2.62. The van der Waals surface area contributed by atoms with Crippen LogP contribution in [0.1, 0.15) is 53.4 Å². The van der Waals surface area contributed by atoms with Crippen LogP contribution in [0.2, 0.25) is 0 Å². The zero-order valence-electron chi connectivity index (χ0n) is 12.5. The number of carbonyl (C=O) groups excluding carboxylic acids is 2. The molecule has 1 saturated heterocycles. The molecule has 0 aromatic rings. The molecular formula is C15H26N2O2. The van der Waals surface area contributed by atoms with Crippen molar-refractivity contribution in [2.24, 2.45) is 11.3 Å². The third kappa shape index (κ3) is 2.93. The van der Waals surface area contributed by atoms with Crippen LogP contribution >= 0.6 is 0 Å². The quantitative estimate of drug-likeness (QED) is 0.848. The van der Waals surface area contributed by atoms with Crippen LogP contribution in [0.25, 0.3) is 0 Å². The molecule has 1 heterocycles. The van der Waals surface area contributed by atoms with Gasteiger partial charge in [-0.2, -0.15) is 0 Å². The van der Waals surface area contributed by atoms with Crippen molar-refractivity contribution >= 4 is 11.8 Å². The summed E-state index contributed by atoms with van der Waals surface area (Å²) in [4.78, 5) is 26.3. The smallest absolute Gasteiger partial charge is 0.246 e. The first-order valence-corrected chi connectivity index (χ1v) is 7.44. The molecule has 0 aromatic carbocycles. The lowest BCUT2D eigenvalue weighted by molar-refractivity contribution is -0.148. The molecule has 0 radical (unpaired) electrons. The molecule has 3 atom stereocenters. The zero-order chi connectivity index (χ0) is 14.2. The molecule has 4 nitrogen and oxygen atoms in total. The van der Waals surface area contributed by atoms with Crippen LogP contribution in [0.15, 0.2) is 0 Å². The first-order valence-electron chi connectivity index (χ1n) is 7.44. The molecule has 4 heteroatoms. The Morgan fingerprint density at radius 2 is 2.11 bits per heavy atom. The summed E-state index contributed by atoms with van der Waals surface area (Å²) in [5.41, 5.74) is 0.296. The van der Waals surface area contributed by atoms with Gasteiger partial charge in [-0.1, -0.05) is 34.1 Å². The van der Waals surface area contributed by atoms with Gasteiger partial charge in [0, 0.05) is 6.04 Å². The van der Waals surface area contributed by atoms with E-state index >= 15 is 0 Å². The Hall–Kier alpha value is -1.06. The van der Waals surface area contributed by atoms with E-state index in [1.807, 2.05) is 11.8 Å². The van der Waals surface area contributed by atoms with Gasteiger partial charge in [-0.3, -0.25) is 9.59 Å². The number of carbonyl (C=O) groups is 2. The molecule has 0 spiro atoms. The first-order chi connectivity index (χ1) is 8.84. The van der Waals surface area contributed by atoms with Crippen LogP contribution < -0.4 is 5.32 Å². The summed E-state index contributed by atoms with van der Waals surface area (Å²) in [7, 11) is 0. The van der Waals surface area contributed by atoms with Crippen LogP contribution in [0, 0.1) is 11.3 Å². The summed E-state index contributed by atoms with van der Waals surface area (Å²) < 4.78 is 0. The monoisotopic (exact) mass is 266 g/mol. The number of hydrogen-bond acceptors (Lipinski definition) is 2. The van der Waals surface area contributed by atoms with Crippen molar-refractivity contribution in [1.29, 1.82) is 0 Å². The number of rotatable bonds is 3. The maximum absolute atomic E-state index is 12.6. The van der Waals surface area contributed by atoms with Gasteiger partial charge in [-0.05, 0) is 30.6 Å². The van der Waals surface area contributed by atoms with Crippen LogP contribution in [0.5, 0.6) is 0 Å². The van der Waals surface area contributed by atoms with E-state index < -0.39 is 0 Å². The van der Waals surface area contributed by atoms with Gasteiger partial charge in [-0.15, -0.1) is 0 Å². The van der Waals surface area contributed by atoms with Crippen molar-refractivity contribution < 1.29 is 9.59 Å². The van der Waals surface area contributed by atoms with Crippen molar-refractivity contribution in [3.05, 3.63) is 0 Å². The van der Waals surface area contributed by atoms with Crippen molar-refractivity contribution in [2.75, 3.05) is 6.54 Å². The molecule has 1 saturated carbocycles. The highest BCUT2D eigenvalue weighted by Gasteiger charge is 2.42. The third-order valence-electron chi connectivity index (χ3n) is 4.78. The van der Waals surface area contributed by atoms with Crippen LogP contribution in [-0.2, 0) is 9.59 Å². The van der Waals surface area contributed by atoms with Gasteiger partial charge in [0.2, 0.25) is 11.8 Å². The summed E-state index contributed by atoms with van der Waals surface area (Å²) >= 11 is 0. The summed E-state index contributed by atoms with van der Waals surface area (Å²) in [6.07, 6.45) is 4.08. The fourth-order valence-electron chi connectivity index (χ4n) is 3.29. The lowest BCUT2D eigenvalue weighted by atomic mass is 9.91. The van der Waals surface area contributed by atoms with E-state index in [0.29, 0.717) is 5.41 Å². The predicted octanol–water partition coefficient (Wildman–Crippen LogP) is 1.94. The van der Waals surface area contributed by atoms with E-state index in [9.17, 15) is 9.59 Å². The minimum absolute atomic E-state index is 0.00499. The van der Waals surface area contributed by atoms with Gasteiger partial charge in [-0.25, -0.2) is 0 Å². The Bertz CT molecular complexity index is 378. The molecule has 108 valence electrons. The molecule has 1 N–H and O–H groups in total. The minimum atomic E-state index is -0.324. The van der Waals surface area contributed by atoms with Gasteiger partial charge < -0.3 is 10.2 Å². The highest BCUT2D eigenvalue weighted by molar-refractivity contribution is 5.95. The topological polar surface area (TPSA) is 49.4 Å². The minimum Gasteiger partial charge on any atom is -0.342 e. The van der Waals surface area contributed by atoms with Gasteiger partial charge in [0.15, 0.2) is 0 Å². The fourth-order valence-corrected chi connectivity index (χ4v) is 3.29. The predicted molar refractivity (Wildman–Crippen MR) is 74.5 cm³/mol. The van der Waals surface area contributed by atoms with Crippen LogP contribution in [0.4, 0.5) is 0 Å². The van der Waals surface area contributed by atoms with Crippen molar-refractivity contribution in [2.45, 2.75) is 65.5 Å². The zero-order valence-corrected chi connectivity index (χ0v) is 12.5. The molecule has 1 aliphatic heterocycles. The molecule has 0 bridgehead atoms. The molecule has 1 aliphatic carbocycles. The Labute approximate surface area is 115 Å². The standard InChI is InChI=1S/C15H26N2O2/c1-5-10(2)13-14(19)17(9-12(18)16-13)11-6-7-15(3,4)8-11/h10-11,13H,5-9H2,1-4H3,(H,16,18). The Kier molecular flexibility index (Phi) is 3.88. The first kappa shape index (κ1) is 14.4. The molecule has 2 aliphatic rings. The van der Waals surface area contributed by atoms with E-state index in [2.05, 4.69) is 26.1 Å². The number of nitrogens with one attached hydrogen (secondary N) is 1. The average molecular weight is 266 g/mol. The summed E-state index contributed by atoms with van der Waals surface area (Å²) in [5.74, 6) is 0.319. The van der Waals surface area contributed by atoms with Gasteiger partial charge in [0.1, 0.15) is 6.04 Å². The fraction of sp³-hybridized carbons (Fsp3) is 0.867. The molecule has 3 unspecified atom stereocenters. The Morgan fingerprint density at radius 1 is 1.42 bits per heavy atom. The van der Waals surface area contributed by atoms with Crippen molar-refractivity contribution in [1.82, 2.24) is 10.2 Å². The van der Waals surface area contributed by atoms with E-state index in [1.165, 1.54) is 0 Å². The summed E-state index contributed by atoms with van der Waals surface area (Å²) in [6, 6.07) is -0.0740. The summed E-state index contributed by atoms with van der Waals surface area (Å²) in [6.45, 7) is 8.82. The molecular weight excluding hydrogens is 240 g/mol. The van der Waals surface area contributed by atoms with Crippen LogP contribution in [-0.4, -0.2) is 35.3 Å². The number of piperazine rings is 1. The van der Waals surface area contributed by atoms with E-state index in [-0.39, 0.29) is 36.4 Å². The number of nitrogens with zero attached hydrogens (tertiary/aromatic N) is 1. The second-order valence-corrected chi connectivity index (χ2v) is 6.96. The Morgan fingerprint density at radius 3 is 2.63 bits per heavy atom. The average Bonchev–Trinajstić information content (AvgIpc) is 2.71. The molecule has 19 heavy (non-hydrogen) atoms. The summed E-state index contributed by atoms with van der Waals surface area (Å²) in [5, 5.41) is 2.86. The maximum Gasteiger partial charge on any atom is 0.246 e.